The lowest BCUT2D eigenvalue weighted by Crippen LogP contribution is -2.20. The second-order valence-electron chi connectivity index (χ2n) is 15.3. The molecule has 1 atom stereocenters. The molecule has 0 saturated heterocycles. The van der Waals surface area contributed by atoms with Crippen LogP contribution in [0.15, 0.2) is 229 Å². The fourth-order valence-electron chi connectivity index (χ4n) is 8.87. The van der Waals surface area contributed by atoms with Crippen molar-refractivity contribution in [1.29, 1.82) is 0 Å². The van der Waals surface area contributed by atoms with E-state index in [4.69, 9.17) is 4.42 Å². The molecule has 0 saturated carbocycles. The summed E-state index contributed by atoms with van der Waals surface area (Å²) in [7, 11) is 0. The number of hydrogen-bond acceptors (Lipinski definition) is 2. The lowest BCUT2D eigenvalue weighted by molar-refractivity contribution is 0.669. The fourth-order valence-corrected chi connectivity index (χ4v) is 8.87. The van der Waals surface area contributed by atoms with Crippen LogP contribution >= 0.6 is 0 Å². The van der Waals surface area contributed by atoms with Crippen LogP contribution in [-0.4, -0.2) is 0 Å². The number of allylic oxidation sites excluding steroid dienone is 4. The van der Waals surface area contributed by atoms with Crippen LogP contribution in [0.1, 0.15) is 17.9 Å². The Kier molecular flexibility index (Phi) is 8.33. The van der Waals surface area contributed by atoms with Gasteiger partial charge in [-0.3, -0.25) is 0 Å². The molecule has 274 valence electrons. The van der Waals surface area contributed by atoms with Crippen LogP contribution in [0, 0.1) is 0 Å². The summed E-state index contributed by atoms with van der Waals surface area (Å²) in [6, 6.07) is 72.5. The van der Waals surface area contributed by atoms with Crippen molar-refractivity contribution in [1.82, 2.24) is 0 Å². The number of furan rings is 1. The van der Waals surface area contributed by atoms with Gasteiger partial charge in [-0.2, -0.15) is 0 Å². The van der Waals surface area contributed by atoms with Crippen LogP contribution in [-0.2, 0) is 0 Å². The lowest BCUT2D eigenvalue weighted by atomic mass is 9.88. The monoisotopic (exact) mass is 741 g/mol. The molecule has 9 aromatic carbocycles. The van der Waals surface area contributed by atoms with Crippen LogP contribution < -0.4 is 4.90 Å². The van der Waals surface area contributed by atoms with Crippen molar-refractivity contribution in [2.75, 3.05) is 4.90 Å². The highest BCUT2D eigenvalue weighted by molar-refractivity contribution is 6.19. The number of para-hydroxylation sites is 1. The SMILES string of the molecule is C1=CC(c2ccc3ccccc3c2)CC(N(c2ccc(-c3ccccc3)cc2)c2ccc(-c3ccc4ccc5oc6ccccc6c5c4c3)cc2-c2ccccc2)=C1. The zero-order chi connectivity index (χ0) is 38.4. The minimum Gasteiger partial charge on any atom is -0.456 e. The maximum absolute atomic E-state index is 6.30. The Hall–Kier alpha value is -7.42. The van der Waals surface area contributed by atoms with Gasteiger partial charge in [0.2, 0.25) is 0 Å². The minimum absolute atomic E-state index is 0.239. The third-order valence-electron chi connectivity index (χ3n) is 11.8. The van der Waals surface area contributed by atoms with Gasteiger partial charge < -0.3 is 9.32 Å². The van der Waals surface area contributed by atoms with Crippen molar-refractivity contribution >= 4 is 54.9 Å². The molecule has 0 amide bonds. The normalized spacial score (nSPS) is 14.0. The Morgan fingerprint density at radius 1 is 0.448 bits per heavy atom. The predicted octanol–water partition coefficient (Wildman–Crippen LogP) is 15.7. The average molecular weight is 742 g/mol. The van der Waals surface area contributed by atoms with E-state index < -0.39 is 0 Å². The van der Waals surface area contributed by atoms with Gasteiger partial charge in [-0.15, -0.1) is 0 Å². The Labute approximate surface area is 338 Å². The highest BCUT2D eigenvalue weighted by Crippen LogP contribution is 2.45. The van der Waals surface area contributed by atoms with Gasteiger partial charge in [0, 0.05) is 33.6 Å². The third kappa shape index (κ3) is 6.07. The van der Waals surface area contributed by atoms with Crippen LogP contribution in [0.5, 0.6) is 0 Å². The van der Waals surface area contributed by atoms with Gasteiger partial charge in [0.1, 0.15) is 11.2 Å². The third-order valence-corrected chi connectivity index (χ3v) is 11.8. The molecule has 1 aromatic heterocycles. The molecule has 2 nitrogen and oxygen atoms in total. The Morgan fingerprint density at radius 3 is 1.95 bits per heavy atom. The number of fused-ring (bicyclic) bond motifs is 6. The van der Waals surface area contributed by atoms with Crippen molar-refractivity contribution < 1.29 is 4.42 Å². The van der Waals surface area contributed by atoms with E-state index in [0.29, 0.717) is 0 Å². The molecule has 1 aliphatic carbocycles. The molecule has 11 rings (SSSR count). The molecular weight excluding hydrogens is 703 g/mol. The summed E-state index contributed by atoms with van der Waals surface area (Å²) in [5.41, 5.74) is 13.8. The van der Waals surface area contributed by atoms with E-state index in [9.17, 15) is 0 Å². The van der Waals surface area contributed by atoms with Crippen molar-refractivity contribution in [3.8, 4) is 33.4 Å². The number of anilines is 2. The van der Waals surface area contributed by atoms with E-state index >= 15 is 0 Å². The van der Waals surface area contributed by atoms with E-state index in [-0.39, 0.29) is 5.92 Å². The van der Waals surface area contributed by atoms with Crippen molar-refractivity contribution in [3.63, 3.8) is 0 Å². The number of rotatable bonds is 7. The highest BCUT2D eigenvalue weighted by Gasteiger charge is 2.24. The largest absolute Gasteiger partial charge is 0.456 e. The smallest absolute Gasteiger partial charge is 0.136 e. The van der Waals surface area contributed by atoms with Crippen LogP contribution in [0.4, 0.5) is 11.4 Å². The molecule has 10 aromatic rings. The quantitative estimate of drug-likeness (QED) is 0.162. The number of nitrogens with zero attached hydrogens (tertiary/aromatic N) is 1. The average Bonchev–Trinajstić information content (AvgIpc) is 3.69. The van der Waals surface area contributed by atoms with Gasteiger partial charge in [-0.05, 0) is 110 Å². The Bertz CT molecular complexity index is 3190. The molecular formula is C56H39NO. The van der Waals surface area contributed by atoms with E-state index in [0.717, 1.165) is 34.3 Å². The summed E-state index contributed by atoms with van der Waals surface area (Å²) < 4.78 is 6.30. The van der Waals surface area contributed by atoms with Gasteiger partial charge >= 0.3 is 0 Å². The van der Waals surface area contributed by atoms with Gasteiger partial charge in [0.15, 0.2) is 0 Å². The Balaban J connectivity index is 1.06. The summed E-state index contributed by atoms with van der Waals surface area (Å²) in [6.07, 6.45) is 7.77. The molecule has 0 aliphatic heterocycles. The molecule has 0 N–H and O–H groups in total. The van der Waals surface area contributed by atoms with Crippen LogP contribution in [0.25, 0.3) is 76.9 Å². The van der Waals surface area contributed by atoms with Gasteiger partial charge in [-0.1, -0.05) is 170 Å². The summed E-state index contributed by atoms with van der Waals surface area (Å²) in [6.45, 7) is 0. The Morgan fingerprint density at radius 2 is 1.10 bits per heavy atom. The standard InChI is InChI=1S/C56H39NO/c1-3-12-38(13-4-1)40-26-30-48(31-27-40)57(49-19-11-18-44(35-49)45-24-22-39-14-7-8-17-43(39)34-45)53-32-28-47(36-51(53)41-15-5-2-6-16-41)46-25-23-42-29-33-55-56(52(42)37-46)50-20-9-10-21-54(50)58-55/h1-34,36-37,44H,35H2. The first-order valence-electron chi connectivity index (χ1n) is 20.1. The zero-order valence-corrected chi connectivity index (χ0v) is 31.9. The molecule has 2 heteroatoms. The summed E-state index contributed by atoms with van der Waals surface area (Å²) in [5, 5.41) is 7.25. The van der Waals surface area contributed by atoms with Gasteiger partial charge in [-0.25, -0.2) is 0 Å². The molecule has 1 heterocycles. The summed E-state index contributed by atoms with van der Waals surface area (Å²) in [4.78, 5) is 2.49. The maximum Gasteiger partial charge on any atom is 0.136 e. The predicted molar refractivity (Wildman–Crippen MR) is 245 cm³/mol. The van der Waals surface area contributed by atoms with E-state index in [1.807, 2.05) is 6.07 Å². The zero-order valence-electron chi connectivity index (χ0n) is 31.9. The first-order valence-corrected chi connectivity index (χ1v) is 20.1. The first-order chi connectivity index (χ1) is 28.7. The molecule has 0 spiro atoms. The molecule has 0 radical (unpaired) electrons. The molecule has 0 bridgehead atoms. The van der Waals surface area contributed by atoms with Crippen LogP contribution in [0.3, 0.4) is 0 Å². The van der Waals surface area contributed by atoms with Crippen LogP contribution in [0.2, 0.25) is 0 Å². The topological polar surface area (TPSA) is 16.4 Å². The van der Waals surface area contributed by atoms with Crippen molar-refractivity contribution in [2.24, 2.45) is 0 Å². The minimum atomic E-state index is 0.239. The summed E-state index contributed by atoms with van der Waals surface area (Å²) >= 11 is 0. The highest BCUT2D eigenvalue weighted by atomic mass is 16.3. The fraction of sp³-hybridized carbons (Fsp3) is 0.0357. The second kappa shape index (κ2) is 14.3. The molecule has 1 unspecified atom stereocenters. The van der Waals surface area contributed by atoms with Crippen molar-refractivity contribution in [3.05, 3.63) is 230 Å². The molecule has 0 fully saturated rings. The summed E-state index contributed by atoms with van der Waals surface area (Å²) in [5.74, 6) is 0.239. The molecule has 1 aliphatic rings. The van der Waals surface area contributed by atoms with E-state index in [1.165, 1.54) is 71.6 Å². The van der Waals surface area contributed by atoms with Gasteiger partial charge in [0.05, 0.1) is 5.69 Å². The molecule has 58 heavy (non-hydrogen) atoms. The number of benzene rings is 9. The van der Waals surface area contributed by atoms with E-state index in [2.05, 4.69) is 217 Å². The lowest BCUT2D eigenvalue weighted by Gasteiger charge is -2.33. The first kappa shape index (κ1) is 33.9. The number of hydrogen-bond donors (Lipinski definition) is 0. The van der Waals surface area contributed by atoms with E-state index in [1.54, 1.807) is 0 Å². The second-order valence-corrected chi connectivity index (χ2v) is 15.3. The van der Waals surface area contributed by atoms with Crippen molar-refractivity contribution in [2.45, 2.75) is 12.3 Å². The van der Waals surface area contributed by atoms with Gasteiger partial charge in [0.25, 0.3) is 0 Å². The maximum atomic E-state index is 6.30.